The third kappa shape index (κ3) is 6.88. The van der Waals surface area contributed by atoms with E-state index < -0.39 is 0 Å². The molecule has 5 heteroatoms. The lowest BCUT2D eigenvalue weighted by Crippen LogP contribution is -3.61. The number of hydrogen-bond donors (Lipinski definition) is 0. The van der Waals surface area contributed by atoms with Crippen LogP contribution in [0.25, 0.3) is 0 Å². The van der Waals surface area contributed by atoms with Gasteiger partial charge >= 0.3 is 21.2 Å². The van der Waals surface area contributed by atoms with E-state index >= 15 is 0 Å². The van der Waals surface area contributed by atoms with Crippen molar-refractivity contribution in [3.63, 3.8) is 0 Å². The van der Waals surface area contributed by atoms with Gasteiger partial charge in [-0.1, -0.05) is 23.5 Å². The first-order valence-electron chi connectivity index (χ1n) is 8.86. The first-order chi connectivity index (χ1) is 14.1. The summed E-state index contributed by atoms with van der Waals surface area (Å²) in [7, 11) is 0. The fourth-order valence-electron chi connectivity index (χ4n) is 2.53. The fraction of sp³-hybridized carbons (Fsp3) is 0. The second-order valence-electron chi connectivity index (χ2n) is 6.11. The highest BCUT2D eigenvalue weighted by molar-refractivity contribution is 14.1. The minimum absolute atomic E-state index is 0.147. The molecule has 0 unspecified atom stereocenters. The van der Waals surface area contributed by atoms with Crippen molar-refractivity contribution in [1.29, 1.82) is 0 Å². The normalized spacial score (nSPS) is 10.8. The third-order valence-corrected chi connectivity index (χ3v) is 10.1. The molecule has 144 valence electrons. The number of rotatable bonds is 6. The molecule has 0 atom stereocenters. The van der Waals surface area contributed by atoms with E-state index in [1.54, 1.807) is 0 Å². The Balaban J connectivity index is 1.36. The van der Waals surface area contributed by atoms with Crippen LogP contribution in [-0.4, -0.2) is 0 Å². The Hall–Kier alpha value is -0.230. The zero-order chi connectivity index (χ0) is 20.1. The highest BCUT2D eigenvalue weighted by Crippen LogP contribution is 2.28. The minimum Gasteiger partial charge on any atom is -0.0901 e. The van der Waals surface area contributed by atoms with Gasteiger partial charge in [0.05, 0.1) is 0 Å². The van der Waals surface area contributed by atoms with Gasteiger partial charge in [-0.15, -0.1) is 0 Å². The van der Waals surface area contributed by atoms with Gasteiger partial charge in [0.15, 0.2) is 7.14 Å². The van der Waals surface area contributed by atoms with Crippen LogP contribution in [0.3, 0.4) is 0 Å². The zero-order valence-electron chi connectivity index (χ0n) is 15.2. The van der Waals surface area contributed by atoms with Crippen LogP contribution in [0.5, 0.6) is 0 Å². The highest BCUT2D eigenvalue weighted by atomic mass is 127. The van der Waals surface area contributed by atoms with E-state index in [9.17, 15) is 0 Å². The molecule has 0 bridgehead atoms. The summed E-state index contributed by atoms with van der Waals surface area (Å²) < 4.78 is 5.45. The second kappa shape index (κ2) is 10.9. The maximum Gasteiger partial charge on any atom is 0.357 e. The van der Waals surface area contributed by atoms with Crippen LogP contribution < -0.4 is 21.2 Å². The summed E-state index contributed by atoms with van der Waals surface area (Å²) in [6.45, 7) is 0. The molecule has 0 radical (unpaired) electrons. The number of halogens is 3. The molecule has 0 spiro atoms. The zero-order valence-corrected chi connectivity index (χ0v) is 23.3. The van der Waals surface area contributed by atoms with Crippen molar-refractivity contribution in [3.8, 4) is 0 Å². The molecule has 0 saturated carbocycles. The Labute approximate surface area is 218 Å². The maximum absolute atomic E-state index is 2.34. The molecular weight excluding hydrogens is 733 g/mol. The summed E-state index contributed by atoms with van der Waals surface area (Å²) >= 11 is 8.18. The van der Waals surface area contributed by atoms with Crippen LogP contribution in [0.4, 0.5) is 0 Å². The predicted molar refractivity (Wildman–Crippen MR) is 137 cm³/mol. The quantitative estimate of drug-likeness (QED) is 0.245. The van der Waals surface area contributed by atoms with E-state index in [1.807, 2.05) is 23.5 Å². The summed E-state index contributed by atoms with van der Waals surface area (Å²) in [6, 6.07) is 35.5. The molecule has 29 heavy (non-hydrogen) atoms. The first-order valence-corrected chi connectivity index (χ1v) is 14.8. The van der Waals surface area contributed by atoms with Crippen molar-refractivity contribution in [1.82, 2.24) is 0 Å². The minimum atomic E-state index is -0.147. The molecule has 0 fully saturated rings. The van der Waals surface area contributed by atoms with Crippen LogP contribution in [-0.2, 0) is 0 Å². The van der Waals surface area contributed by atoms with Crippen LogP contribution >= 0.6 is 68.7 Å². The molecule has 4 aromatic carbocycles. The fourth-order valence-corrected chi connectivity index (χ4v) is 7.04. The molecule has 0 nitrogen and oxygen atoms in total. The van der Waals surface area contributed by atoms with Gasteiger partial charge in [0.1, 0.15) is 0 Å². The Morgan fingerprint density at radius 2 is 0.690 bits per heavy atom. The molecule has 4 rings (SSSR count). The van der Waals surface area contributed by atoms with E-state index in [0.29, 0.717) is 0 Å². The van der Waals surface area contributed by atoms with Crippen LogP contribution in [0, 0.1) is 14.3 Å². The van der Waals surface area contributed by atoms with Crippen LogP contribution in [0.15, 0.2) is 117 Å². The van der Waals surface area contributed by atoms with Gasteiger partial charge in [0.2, 0.25) is 0 Å². The van der Waals surface area contributed by atoms with Crippen LogP contribution in [0.1, 0.15) is 0 Å². The van der Waals surface area contributed by atoms with Crippen molar-refractivity contribution in [3.05, 3.63) is 111 Å². The Morgan fingerprint density at radius 1 is 0.414 bits per heavy atom. The molecule has 0 heterocycles. The summed E-state index contributed by atoms with van der Waals surface area (Å²) in [5, 5.41) is 0. The average Bonchev–Trinajstić information content (AvgIpc) is 2.74. The summed E-state index contributed by atoms with van der Waals surface area (Å²) in [5.41, 5.74) is 0. The molecular formula is C24H16I3S2+. The Kier molecular flexibility index (Phi) is 8.25. The molecule has 0 amide bonds. The van der Waals surface area contributed by atoms with E-state index in [0.717, 1.165) is 0 Å². The topological polar surface area (TPSA) is 0 Å². The van der Waals surface area contributed by atoms with Crippen molar-refractivity contribution in [2.75, 3.05) is 0 Å². The molecule has 0 aliphatic carbocycles. The lowest BCUT2D eigenvalue weighted by atomic mass is 10.4. The van der Waals surface area contributed by atoms with Gasteiger partial charge in [0, 0.05) is 26.7 Å². The van der Waals surface area contributed by atoms with Gasteiger partial charge in [-0.05, 0) is 142 Å². The average molecular weight is 749 g/mol. The standard InChI is InChI=1S/C24H16I3S2/c25-17-1-9-21(10-2-17)28-23-13-5-19(6-14-23)27-20-7-15-24(16-8-20)29-22-11-3-18(26)4-12-22/h1-16H/q+1. The van der Waals surface area contributed by atoms with Gasteiger partial charge in [-0.25, -0.2) is 0 Å². The molecule has 0 aliphatic heterocycles. The smallest absolute Gasteiger partial charge is 0.0901 e. The Morgan fingerprint density at radius 3 is 1.00 bits per heavy atom. The molecule has 0 N–H and O–H groups in total. The summed E-state index contributed by atoms with van der Waals surface area (Å²) in [6.07, 6.45) is 0. The van der Waals surface area contributed by atoms with E-state index in [-0.39, 0.29) is 21.2 Å². The van der Waals surface area contributed by atoms with Gasteiger partial charge in [-0.3, -0.25) is 0 Å². The predicted octanol–water partition coefficient (Wildman–Crippen LogP) is 5.33. The van der Waals surface area contributed by atoms with Crippen molar-refractivity contribution in [2.24, 2.45) is 0 Å². The Bertz CT molecular complexity index is 970. The van der Waals surface area contributed by atoms with Crippen LogP contribution in [0.2, 0.25) is 0 Å². The van der Waals surface area contributed by atoms with E-state index in [1.165, 1.54) is 33.9 Å². The second-order valence-corrected chi connectivity index (χ2v) is 13.9. The SMILES string of the molecule is Ic1ccc(Sc2ccc([I+]c3ccc(Sc4ccc(I)cc4)cc3)cc2)cc1. The monoisotopic (exact) mass is 749 g/mol. The number of benzene rings is 4. The lowest BCUT2D eigenvalue weighted by Gasteiger charge is -2.02. The first kappa shape index (κ1) is 22.0. The van der Waals surface area contributed by atoms with E-state index in [2.05, 4.69) is 142 Å². The van der Waals surface area contributed by atoms with Crippen molar-refractivity contribution >= 4 is 68.7 Å². The number of hydrogen-bond acceptors (Lipinski definition) is 2. The molecule has 0 saturated heterocycles. The summed E-state index contributed by atoms with van der Waals surface area (Å²) in [5.74, 6) is 0. The largest absolute Gasteiger partial charge is 0.357 e. The highest BCUT2D eigenvalue weighted by Gasteiger charge is 2.15. The molecule has 0 aromatic heterocycles. The maximum atomic E-state index is 2.34. The van der Waals surface area contributed by atoms with Gasteiger partial charge in [0.25, 0.3) is 0 Å². The molecule has 4 aromatic rings. The van der Waals surface area contributed by atoms with Gasteiger partial charge < -0.3 is 0 Å². The summed E-state index contributed by atoms with van der Waals surface area (Å²) in [4.78, 5) is 5.16. The van der Waals surface area contributed by atoms with Crippen molar-refractivity contribution in [2.45, 2.75) is 19.6 Å². The third-order valence-electron chi connectivity index (χ3n) is 3.94. The van der Waals surface area contributed by atoms with E-state index in [4.69, 9.17) is 0 Å². The van der Waals surface area contributed by atoms with Gasteiger partial charge in [-0.2, -0.15) is 0 Å². The van der Waals surface area contributed by atoms with Crippen molar-refractivity contribution < 1.29 is 21.2 Å². The lowest BCUT2D eigenvalue weighted by molar-refractivity contribution is -0.597. The molecule has 0 aliphatic rings.